The number of allylic oxidation sites excluding steroid dienone is 1. The summed E-state index contributed by atoms with van der Waals surface area (Å²) in [5.74, 6) is 4.77. The number of hydrogen-bond donors (Lipinski definition) is 0. The van der Waals surface area contributed by atoms with Gasteiger partial charge in [-0.3, -0.25) is 0 Å². The Bertz CT molecular complexity index is 1030. The van der Waals surface area contributed by atoms with Gasteiger partial charge in [-0.1, -0.05) is 62.4 Å². The summed E-state index contributed by atoms with van der Waals surface area (Å²) < 4.78 is 43.3. The molecule has 1 fully saturated rings. The molecule has 4 heteroatoms. The van der Waals surface area contributed by atoms with Gasteiger partial charge in [0.1, 0.15) is 0 Å². The summed E-state index contributed by atoms with van der Waals surface area (Å²) >= 11 is 0. The molecule has 2 aliphatic rings. The Hall–Kier alpha value is -2.25. The van der Waals surface area contributed by atoms with Crippen LogP contribution in [0.4, 0.5) is 13.2 Å². The maximum absolute atomic E-state index is 12.3. The third-order valence-electron chi connectivity index (χ3n) is 7.13. The lowest BCUT2D eigenvalue weighted by Gasteiger charge is -2.33. The standard InChI is InChI=1S/C29H33F3O/c1-2-3-4-5-22-7-15-28(33-20-22)24-11-9-23(10-12-24)26-14-13-25-18-21(6-8-27(25)19-26)16-17-29(30,31)32/h6,8,11,13-14,18-19,22-23,28H,2-5,7,9-10,12,15,20H2,1H3. The van der Waals surface area contributed by atoms with Crippen LogP contribution in [-0.2, 0) is 4.74 Å². The van der Waals surface area contributed by atoms with E-state index in [2.05, 4.69) is 31.1 Å². The van der Waals surface area contributed by atoms with Gasteiger partial charge in [-0.15, -0.1) is 0 Å². The topological polar surface area (TPSA) is 9.23 Å². The van der Waals surface area contributed by atoms with Crippen LogP contribution in [-0.4, -0.2) is 18.9 Å². The molecule has 0 spiro atoms. The van der Waals surface area contributed by atoms with E-state index in [0.29, 0.717) is 17.6 Å². The second-order valence-corrected chi connectivity index (χ2v) is 9.58. The molecule has 1 heterocycles. The van der Waals surface area contributed by atoms with E-state index in [0.717, 1.165) is 49.0 Å². The Balaban J connectivity index is 1.35. The molecule has 3 unspecified atom stereocenters. The SMILES string of the molecule is CCCCCC1CCC(C2=CCC(c3ccc4cc(C#CC(F)(F)F)ccc4c3)CC2)OC1. The first kappa shape index (κ1) is 23.9. The molecule has 33 heavy (non-hydrogen) atoms. The number of fused-ring (bicyclic) bond motifs is 1. The molecule has 0 aromatic heterocycles. The van der Waals surface area contributed by atoms with Crippen molar-refractivity contribution >= 4 is 10.8 Å². The molecule has 176 valence electrons. The molecule has 2 aromatic rings. The third-order valence-corrected chi connectivity index (χ3v) is 7.13. The molecular formula is C29H33F3O. The van der Waals surface area contributed by atoms with Crippen LogP contribution >= 0.6 is 0 Å². The monoisotopic (exact) mass is 454 g/mol. The summed E-state index contributed by atoms with van der Waals surface area (Å²) in [6, 6.07) is 11.6. The van der Waals surface area contributed by atoms with Gasteiger partial charge in [-0.25, -0.2) is 0 Å². The van der Waals surface area contributed by atoms with E-state index in [1.165, 1.54) is 49.2 Å². The Morgan fingerprint density at radius 1 is 1.00 bits per heavy atom. The molecule has 0 amide bonds. The fourth-order valence-electron chi connectivity index (χ4n) is 5.20. The van der Waals surface area contributed by atoms with Crippen molar-refractivity contribution < 1.29 is 17.9 Å². The molecule has 1 aliphatic carbocycles. The van der Waals surface area contributed by atoms with Gasteiger partial charge in [-0.05, 0) is 84.4 Å². The van der Waals surface area contributed by atoms with E-state index < -0.39 is 6.18 Å². The smallest absolute Gasteiger partial charge is 0.374 e. The fourth-order valence-corrected chi connectivity index (χ4v) is 5.20. The molecule has 1 nitrogen and oxygen atoms in total. The molecule has 1 aliphatic heterocycles. The summed E-state index contributed by atoms with van der Waals surface area (Å²) in [6.07, 6.45) is 9.14. The highest BCUT2D eigenvalue weighted by Gasteiger charge is 2.27. The van der Waals surface area contributed by atoms with Gasteiger partial charge in [0, 0.05) is 11.5 Å². The number of unbranched alkanes of at least 4 members (excludes halogenated alkanes) is 2. The molecule has 0 bridgehead atoms. The second-order valence-electron chi connectivity index (χ2n) is 9.58. The average Bonchev–Trinajstić information content (AvgIpc) is 2.83. The third kappa shape index (κ3) is 6.64. The number of ether oxygens (including phenoxy) is 1. The van der Waals surface area contributed by atoms with E-state index in [9.17, 15) is 13.2 Å². The lowest BCUT2D eigenvalue weighted by Crippen LogP contribution is -2.28. The highest BCUT2D eigenvalue weighted by molar-refractivity contribution is 5.84. The molecule has 0 radical (unpaired) electrons. The minimum Gasteiger partial charge on any atom is -0.374 e. The molecular weight excluding hydrogens is 421 g/mol. The van der Waals surface area contributed by atoms with E-state index in [1.807, 2.05) is 12.1 Å². The van der Waals surface area contributed by atoms with Crippen molar-refractivity contribution in [3.05, 3.63) is 59.2 Å². The van der Waals surface area contributed by atoms with Crippen molar-refractivity contribution in [2.75, 3.05) is 6.61 Å². The summed E-state index contributed by atoms with van der Waals surface area (Å²) in [4.78, 5) is 0. The first-order valence-electron chi connectivity index (χ1n) is 12.4. The lowest BCUT2D eigenvalue weighted by atomic mass is 9.81. The zero-order valence-corrected chi connectivity index (χ0v) is 19.4. The molecule has 0 N–H and O–H groups in total. The highest BCUT2D eigenvalue weighted by atomic mass is 19.4. The largest absolute Gasteiger partial charge is 0.458 e. The molecule has 3 atom stereocenters. The fraction of sp³-hybridized carbons (Fsp3) is 0.517. The van der Waals surface area contributed by atoms with Crippen LogP contribution in [0.5, 0.6) is 0 Å². The molecule has 4 rings (SSSR count). The van der Waals surface area contributed by atoms with E-state index >= 15 is 0 Å². The quantitative estimate of drug-likeness (QED) is 0.242. The molecule has 0 saturated carbocycles. The van der Waals surface area contributed by atoms with Gasteiger partial charge >= 0.3 is 6.18 Å². The second kappa shape index (κ2) is 10.8. The minimum absolute atomic E-state index is 0.307. The maximum atomic E-state index is 12.3. The van der Waals surface area contributed by atoms with Crippen molar-refractivity contribution in [1.29, 1.82) is 0 Å². The van der Waals surface area contributed by atoms with Crippen LogP contribution < -0.4 is 0 Å². The minimum atomic E-state index is -4.47. The van der Waals surface area contributed by atoms with Gasteiger partial charge in [0.2, 0.25) is 0 Å². The molecule has 1 saturated heterocycles. The van der Waals surface area contributed by atoms with Gasteiger partial charge < -0.3 is 4.74 Å². The van der Waals surface area contributed by atoms with E-state index in [4.69, 9.17) is 4.74 Å². The van der Waals surface area contributed by atoms with Crippen LogP contribution in [0.25, 0.3) is 10.8 Å². The Morgan fingerprint density at radius 2 is 1.82 bits per heavy atom. The Labute approximate surface area is 195 Å². The highest BCUT2D eigenvalue weighted by Crippen LogP contribution is 2.37. The summed E-state index contributed by atoms with van der Waals surface area (Å²) in [7, 11) is 0. The van der Waals surface area contributed by atoms with Crippen molar-refractivity contribution in [2.24, 2.45) is 5.92 Å². The van der Waals surface area contributed by atoms with E-state index in [1.54, 1.807) is 12.1 Å². The zero-order valence-electron chi connectivity index (χ0n) is 19.4. The van der Waals surface area contributed by atoms with E-state index in [-0.39, 0.29) is 0 Å². The van der Waals surface area contributed by atoms with Crippen molar-refractivity contribution in [3.63, 3.8) is 0 Å². The van der Waals surface area contributed by atoms with Crippen molar-refractivity contribution in [1.82, 2.24) is 0 Å². The number of hydrogen-bond acceptors (Lipinski definition) is 1. The number of halogens is 3. The Kier molecular flexibility index (Phi) is 7.81. The first-order chi connectivity index (χ1) is 15.9. The van der Waals surface area contributed by atoms with Crippen LogP contribution in [0.3, 0.4) is 0 Å². The van der Waals surface area contributed by atoms with Gasteiger partial charge in [0.05, 0.1) is 12.7 Å². The maximum Gasteiger partial charge on any atom is 0.458 e. The van der Waals surface area contributed by atoms with Crippen LogP contribution in [0.2, 0.25) is 0 Å². The van der Waals surface area contributed by atoms with Crippen molar-refractivity contribution in [3.8, 4) is 11.8 Å². The van der Waals surface area contributed by atoms with Crippen LogP contribution in [0, 0.1) is 17.8 Å². The van der Waals surface area contributed by atoms with Crippen molar-refractivity contribution in [2.45, 2.75) is 82.9 Å². The first-order valence-corrected chi connectivity index (χ1v) is 12.4. The predicted molar refractivity (Wildman–Crippen MR) is 128 cm³/mol. The van der Waals surface area contributed by atoms with Gasteiger partial charge in [-0.2, -0.15) is 13.2 Å². The summed E-state index contributed by atoms with van der Waals surface area (Å²) in [5.41, 5.74) is 3.16. The number of alkyl halides is 3. The van der Waals surface area contributed by atoms with Gasteiger partial charge in [0.15, 0.2) is 0 Å². The normalized spacial score (nSPS) is 23.6. The number of benzene rings is 2. The van der Waals surface area contributed by atoms with Gasteiger partial charge in [0.25, 0.3) is 0 Å². The Morgan fingerprint density at radius 3 is 2.52 bits per heavy atom. The van der Waals surface area contributed by atoms with Crippen LogP contribution in [0.1, 0.15) is 81.8 Å². The predicted octanol–water partition coefficient (Wildman–Crippen LogP) is 8.32. The summed E-state index contributed by atoms with van der Waals surface area (Å²) in [6.45, 7) is 3.16. The number of rotatable bonds is 6. The average molecular weight is 455 g/mol. The zero-order chi connectivity index (χ0) is 23.3. The summed E-state index contributed by atoms with van der Waals surface area (Å²) in [5, 5.41) is 1.97. The molecule has 2 aromatic carbocycles. The lowest BCUT2D eigenvalue weighted by molar-refractivity contribution is -0.0696. The van der Waals surface area contributed by atoms with Crippen LogP contribution in [0.15, 0.2) is 48.0 Å².